The predicted molar refractivity (Wildman–Crippen MR) is 83.0 cm³/mol. The molecule has 6 heteroatoms. The van der Waals surface area contributed by atoms with Crippen molar-refractivity contribution in [2.45, 2.75) is 53.4 Å². The number of aliphatic hydroxyl groups is 1. The van der Waals surface area contributed by atoms with Crippen LogP contribution in [0.15, 0.2) is 11.7 Å². The number of unbranched alkanes of at least 4 members (excludes halogenated alkanes) is 2. The molecule has 0 aromatic heterocycles. The molecule has 0 unspecified atom stereocenters. The van der Waals surface area contributed by atoms with Crippen molar-refractivity contribution in [2.24, 2.45) is 0 Å². The molecule has 0 aliphatic rings. The van der Waals surface area contributed by atoms with Crippen molar-refractivity contribution in [1.82, 2.24) is 4.90 Å². The number of aliphatic hydroxyl groups excluding tert-OH is 1. The monoisotopic (exact) mass is 307 g/mol. The molecule has 0 radical (unpaired) electrons. The second kappa shape index (κ2) is 11.2. The summed E-state index contributed by atoms with van der Waals surface area (Å²) in [6.45, 7) is 9.96. The van der Waals surface area contributed by atoms with E-state index >= 15 is 0 Å². The van der Waals surface area contributed by atoms with Gasteiger partial charge in [0.2, 0.25) is 0 Å². The van der Waals surface area contributed by atoms with E-state index in [1.54, 1.807) is 4.90 Å². The Morgan fingerprint density at radius 3 is 1.85 bits per heavy atom. The van der Waals surface area contributed by atoms with E-state index in [0.29, 0.717) is 26.3 Å². The Balaban J connectivity index is 4.80. The molecule has 5 nitrogen and oxygen atoms in total. The first kappa shape index (κ1) is 19.5. The van der Waals surface area contributed by atoms with Gasteiger partial charge in [-0.15, -0.1) is 0 Å². The topological polar surface area (TPSA) is 59.0 Å². The Kier molecular flexibility index (Phi) is 10.9. The van der Waals surface area contributed by atoms with Gasteiger partial charge in [0, 0.05) is 13.1 Å². The molecule has 0 fully saturated rings. The van der Waals surface area contributed by atoms with Gasteiger partial charge < -0.3 is 19.1 Å². The minimum atomic E-state index is -3.37. The van der Waals surface area contributed by atoms with E-state index in [1.807, 2.05) is 27.7 Å². The molecule has 0 spiro atoms. The summed E-state index contributed by atoms with van der Waals surface area (Å²) in [4.78, 5) is 1.71. The summed E-state index contributed by atoms with van der Waals surface area (Å²) in [7, 11) is -3.37. The van der Waals surface area contributed by atoms with Gasteiger partial charge in [0.1, 0.15) is 0 Å². The van der Waals surface area contributed by atoms with Crippen molar-refractivity contribution in [3.8, 4) is 0 Å². The summed E-state index contributed by atoms with van der Waals surface area (Å²) >= 11 is 0. The van der Waals surface area contributed by atoms with Crippen LogP contribution in [-0.4, -0.2) is 36.3 Å². The third kappa shape index (κ3) is 7.93. The van der Waals surface area contributed by atoms with Crippen LogP contribution in [0, 0.1) is 0 Å². The van der Waals surface area contributed by atoms with Crippen molar-refractivity contribution in [1.29, 1.82) is 0 Å². The molecule has 0 aliphatic heterocycles. The van der Waals surface area contributed by atoms with Crippen LogP contribution in [-0.2, 0) is 13.6 Å². The maximum Gasteiger partial charge on any atom is 0.359 e. The van der Waals surface area contributed by atoms with Crippen LogP contribution in [0.4, 0.5) is 0 Å². The molecular formula is C14H30NO4P. The van der Waals surface area contributed by atoms with Crippen molar-refractivity contribution >= 4 is 7.60 Å². The average molecular weight is 307 g/mol. The molecule has 20 heavy (non-hydrogen) atoms. The highest BCUT2D eigenvalue weighted by Gasteiger charge is 2.24. The summed E-state index contributed by atoms with van der Waals surface area (Å²) < 4.78 is 23.4. The van der Waals surface area contributed by atoms with Gasteiger partial charge in [-0.2, -0.15) is 0 Å². The third-order valence-corrected chi connectivity index (χ3v) is 4.53. The Hall–Kier alpha value is -0.510. The second-order valence-corrected chi connectivity index (χ2v) is 6.43. The van der Waals surface area contributed by atoms with Crippen LogP contribution in [0.2, 0.25) is 0 Å². The van der Waals surface area contributed by atoms with Crippen molar-refractivity contribution in [3.05, 3.63) is 11.7 Å². The molecular weight excluding hydrogens is 277 g/mol. The van der Waals surface area contributed by atoms with E-state index in [-0.39, 0.29) is 5.88 Å². The van der Waals surface area contributed by atoms with Gasteiger partial charge in [0.15, 0.2) is 5.88 Å². The molecule has 120 valence electrons. The number of rotatable bonds is 12. The van der Waals surface area contributed by atoms with Gasteiger partial charge in [-0.25, -0.2) is 0 Å². The molecule has 0 aliphatic carbocycles. The molecule has 0 aromatic rings. The lowest BCUT2D eigenvalue weighted by Crippen LogP contribution is -2.22. The minimum Gasteiger partial charge on any atom is -0.494 e. The fourth-order valence-electron chi connectivity index (χ4n) is 1.55. The zero-order valence-electron chi connectivity index (χ0n) is 13.3. The number of nitrogens with zero attached hydrogens (tertiary/aromatic N) is 1. The Labute approximate surface area is 123 Å². The quantitative estimate of drug-likeness (QED) is 0.326. The summed E-state index contributed by atoms with van der Waals surface area (Å²) in [5.41, 5.74) is 0. The van der Waals surface area contributed by atoms with Crippen LogP contribution < -0.4 is 0 Å². The zero-order valence-corrected chi connectivity index (χ0v) is 14.2. The van der Waals surface area contributed by atoms with E-state index in [1.165, 1.54) is 5.82 Å². The second-order valence-electron chi connectivity index (χ2n) is 4.57. The first-order valence-electron chi connectivity index (χ1n) is 7.58. The molecule has 0 bridgehead atoms. The van der Waals surface area contributed by atoms with Gasteiger partial charge >= 0.3 is 7.60 Å². The van der Waals surface area contributed by atoms with Crippen LogP contribution in [0.1, 0.15) is 53.4 Å². The summed E-state index contributed by atoms with van der Waals surface area (Å²) in [6, 6.07) is 0. The smallest absolute Gasteiger partial charge is 0.359 e. The zero-order chi connectivity index (χ0) is 15.4. The fraction of sp³-hybridized carbons (Fsp3) is 0.857. The van der Waals surface area contributed by atoms with E-state index < -0.39 is 7.60 Å². The molecule has 1 N–H and O–H groups in total. The molecule has 0 saturated heterocycles. The fourth-order valence-corrected chi connectivity index (χ4v) is 2.99. The van der Waals surface area contributed by atoms with Crippen molar-refractivity contribution in [2.75, 3.05) is 26.3 Å². The average Bonchev–Trinajstić information content (AvgIpc) is 2.40. The van der Waals surface area contributed by atoms with Gasteiger partial charge in [0.05, 0.1) is 19.0 Å². The van der Waals surface area contributed by atoms with E-state index in [0.717, 1.165) is 25.7 Å². The Bertz CT molecular complexity index is 302. The summed E-state index contributed by atoms with van der Waals surface area (Å²) in [6.07, 6.45) is 3.56. The highest BCUT2D eigenvalue weighted by atomic mass is 31.2. The van der Waals surface area contributed by atoms with E-state index in [9.17, 15) is 9.67 Å². The maximum atomic E-state index is 12.6. The van der Waals surface area contributed by atoms with Gasteiger partial charge in [-0.1, -0.05) is 26.7 Å². The van der Waals surface area contributed by atoms with Crippen LogP contribution in [0.5, 0.6) is 0 Å². The predicted octanol–water partition coefficient (Wildman–Crippen LogP) is 4.51. The molecule has 0 heterocycles. The van der Waals surface area contributed by atoms with Gasteiger partial charge in [0.25, 0.3) is 0 Å². The first-order chi connectivity index (χ1) is 9.52. The van der Waals surface area contributed by atoms with Crippen LogP contribution in [0.3, 0.4) is 0 Å². The Morgan fingerprint density at radius 2 is 1.50 bits per heavy atom. The molecule has 0 atom stereocenters. The van der Waals surface area contributed by atoms with E-state index in [2.05, 4.69) is 0 Å². The SMILES string of the molecule is CCCCOP(=O)(/C=C(\O)N(CC)CC)OCCCC. The van der Waals surface area contributed by atoms with Gasteiger partial charge in [-0.05, 0) is 26.7 Å². The van der Waals surface area contributed by atoms with Crippen molar-refractivity contribution in [3.63, 3.8) is 0 Å². The maximum absolute atomic E-state index is 12.6. The van der Waals surface area contributed by atoms with Crippen LogP contribution in [0.25, 0.3) is 0 Å². The molecule has 0 rings (SSSR count). The normalized spacial score (nSPS) is 12.7. The number of hydrogen-bond donors (Lipinski definition) is 1. The largest absolute Gasteiger partial charge is 0.494 e. The highest BCUT2D eigenvalue weighted by molar-refractivity contribution is 7.57. The minimum absolute atomic E-state index is 0.0358. The first-order valence-corrected chi connectivity index (χ1v) is 9.19. The lowest BCUT2D eigenvalue weighted by Gasteiger charge is -2.21. The summed E-state index contributed by atoms with van der Waals surface area (Å²) in [5, 5.41) is 10.0. The number of hydrogen-bond acceptors (Lipinski definition) is 5. The molecule has 0 amide bonds. The molecule has 0 saturated carbocycles. The standard InChI is InChI=1S/C14H30NO4P/c1-5-9-11-18-20(17,19-12-10-6-2)13-14(16)15(7-3)8-4/h13,16H,5-12H2,1-4H3/b14-13-. The molecule has 0 aromatic carbocycles. The highest BCUT2D eigenvalue weighted by Crippen LogP contribution is 2.51. The van der Waals surface area contributed by atoms with E-state index in [4.69, 9.17) is 9.05 Å². The lowest BCUT2D eigenvalue weighted by molar-refractivity contribution is 0.196. The van der Waals surface area contributed by atoms with Crippen LogP contribution >= 0.6 is 7.60 Å². The summed E-state index contributed by atoms with van der Waals surface area (Å²) in [5.74, 6) is 1.21. The lowest BCUT2D eigenvalue weighted by atomic mass is 10.4. The van der Waals surface area contributed by atoms with Gasteiger partial charge in [-0.3, -0.25) is 4.57 Å². The third-order valence-electron chi connectivity index (χ3n) is 2.90. The Morgan fingerprint density at radius 1 is 1.05 bits per heavy atom. The van der Waals surface area contributed by atoms with Crippen molar-refractivity contribution < 1.29 is 18.7 Å².